The van der Waals surface area contributed by atoms with E-state index in [9.17, 15) is 0 Å². The van der Waals surface area contributed by atoms with Gasteiger partial charge in [0.1, 0.15) is 12.0 Å². The molecular weight excluding hydrogens is 787 g/mol. The van der Waals surface area contributed by atoms with Gasteiger partial charge in [0.25, 0.3) is 0 Å². The lowest BCUT2D eigenvalue weighted by molar-refractivity contribution is 0.321. The quantitative estimate of drug-likeness (QED) is 0.160. The van der Waals surface area contributed by atoms with E-state index >= 15 is 0 Å². The molecule has 4 unspecified atom stereocenters. The predicted octanol–water partition coefficient (Wildman–Crippen LogP) is 14.2. The SMILES string of the molecule is C1=CCCC(C2=NC(c3ccccc3)NC(C3C=CC=C(C4C=C(c5ccc6c(c5)C(c5ccccc5)(c5ccccc5)c5cc7ccccc7c(-c7ccccc7)c5-6)C=CC4)C3)N2)=C1. The molecule has 65 heavy (non-hydrogen) atoms. The van der Waals surface area contributed by atoms with Crippen molar-refractivity contribution in [3.8, 4) is 22.3 Å². The Balaban J connectivity index is 0.943. The maximum Gasteiger partial charge on any atom is 0.129 e. The standard InChI is InChI=1S/C62H51N3/c1-6-20-42(21-7-1)57-53-35-17-16-26-49(53)41-56-58(57)54-37-36-48(40-55(54)62(56,51-31-12-4-13-32-51)52-33-14-5-15-34-52)46-28-18-27-45(38-46)47-29-19-30-50(39-47)61-64-59(43-22-8-2-9-23-43)63-60(65-61)44-24-10-3-11-25-44/h1-10,12-24,26,28-38,40-41,45,50,59,61,64H,11,25,27,39H2,(H,63,65). The highest BCUT2D eigenvalue weighted by molar-refractivity contribution is 6.09. The minimum absolute atomic E-state index is 0.0434. The van der Waals surface area contributed by atoms with Crippen LogP contribution >= 0.6 is 0 Å². The Bertz CT molecular complexity index is 3110. The van der Waals surface area contributed by atoms with Gasteiger partial charge in [-0.1, -0.05) is 218 Å². The third-order valence-electron chi connectivity index (χ3n) is 14.4. The van der Waals surface area contributed by atoms with Crippen molar-refractivity contribution in [2.75, 3.05) is 0 Å². The Hall–Kier alpha value is -7.33. The van der Waals surface area contributed by atoms with Gasteiger partial charge >= 0.3 is 0 Å². The topological polar surface area (TPSA) is 36.4 Å². The summed E-state index contributed by atoms with van der Waals surface area (Å²) in [5.41, 5.74) is 16.3. The Kier molecular flexibility index (Phi) is 10.1. The first-order valence-corrected chi connectivity index (χ1v) is 23.4. The van der Waals surface area contributed by atoms with E-state index in [4.69, 9.17) is 4.99 Å². The summed E-state index contributed by atoms with van der Waals surface area (Å²) in [6.07, 6.45) is 24.9. The van der Waals surface area contributed by atoms with E-state index in [-0.39, 0.29) is 18.2 Å². The molecule has 0 radical (unpaired) electrons. The molecule has 4 aliphatic carbocycles. The van der Waals surface area contributed by atoms with Crippen molar-refractivity contribution < 1.29 is 0 Å². The van der Waals surface area contributed by atoms with Gasteiger partial charge in [-0.15, -0.1) is 0 Å². The highest BCUT2D eigenvalue weighted by Gasteiger charge is 2.47. The average molecular weight is 838 g/mol. The fourth-order valence-electron chi connectivity index (χ4n) is 11.3. The fraction of sp³-hybridized carbons (Fsp3) is 0.145. The van der Waals surface area contributed by atoms with Gasteiger partial charge in [0, 0.05) is 11.8 Å². The molecule has 0 bridgehead atoms. The van der Waals surface area contributed by atoms with Gasteiger partial charge in [-0.3, -0.25) is 5.32 Å². The van der Waals surface area contributed by atoms with Crippen molar-refractivity contribution in [3.05, 3.63) is 269 Å². The smallest absolute Gasteiger partial charge is 0.129 e. The molecule has 0 aromatic heterocycles. The van der Waals surface area contributed by atoms with Crippen LogP contribution in [0.15, 0.2) is 241 Å². The van der Waals surface area contributed by atoms with Crippen LogP contribution in [0.1, 0.15) is 65.2 Å². The van der Waals surface area contributed by atoms with Crippen LogP contribution in [-0.4, -0.2) is 12.0 Å². The second kappa shape index (κ2) is 16.7. The molecule has 0 fully saturated rings. The monoisotopic (exact) mass is 837 g/mol. The molecule has 3 heteroatoms. The summed E-state index contributed by atoms with van der Waals surface area (Å²) >= 11 is 0. The van der Waals surface area contributed by atoms with Crippen molar-refractivity contribution in [3.63, 3.8) is 0 Å². The second-order valence-corrected chi connectivity index (χ2v) is 18.1. The highest BCUT2D eigenvalue weighted by Crippen LogP contribution is 2.60. The molecule has 1 heterocycles. The summed E-state index contributed by atoms with van der Waals surface area (Å²) in [7, 11) is 0. The number of amidine groups is 1. The molecule has 4 atom stereocenters. The largest absolute Gasteiger partial charge is 0.354 e. The molecule has 3 nitrogen and oxygen atoms in total. The lowest BCUT2D eigenvalue weighted by atomic mass is 9.67. The van der Waals surface area contributed by atoms with Crippen LogP contribution < -0.4 is 10.6 Å². The maximum absolute atomic E-state index is 5.23. The Morgan fingerprint density at radius 3 is 2.09 bits per heavy atom. The molecule has 0 amide bonds. The lowest BCUT2D eigenvalue weighted by Crippen LogP contribution is -2.55. The third kappa shape index (κ3) is 6.90. The third-order valence-corrected chi connectivity index (χ3v) is 14.4. The first kappa shape index (κ1) is 39.3. The van der Waals surface area contributed by atoms with Crippen molar-refractivity contribution in [1.29, 1.82) is 0 Å². The highest BCUT2D eigenvalue weighted by atomic mass is 15.3. The summed E-state index contributed by atoms with van der Waals surface area (Å²) in [4.78, 5) is 5.23. The molecule has 12 rings (SSSR count). The van der Waals surface area contributed by atoms with E-state index in [1.54, 1.807) is 0 Å². The number of fused-ring (bicyclic) bond motifs is 4. The maximum atomic E-state index is 5.23. The molecule has 0 saturated heterocycles. The van der Waals surface area contributed by atoms with Crippen LogP contribution in [0.5, 0.6) is 0 Å². The van der Waals surface area contributed by atoms with Crippen molar-refractivity contribution in [2.45, 2.75) is 43.4 Å². The molecule has 7 aromatic carbocycles. The van der Waals surface area contributed by atoms with E-state index in [2.05, 4.69) is 235 Å². The molecule has 2 N–H and O–H groups in total. The van der Waals surface area contributed by atoms with E-state index in [1.165, 1.54) is 83.1 Å². The van der Waals surface area contributed by atoms with Crippen LogP contribution in [0.25, 0.3) is 38.6 Å². The molecule has 1 aliphatic heterocycles. The van der Waals surface area contributed by atoms with E-state index in [0.717, 1.165) is 31.5 Å². The van der Waals surface area contributed by atoms with Crippen molar-refractivity contribution in [1.82, 2.24) is 10.6 Å². The molecule has 5 aliphatic rings. The van der Waals surface area contributed by atoms with E-state index in [0.29, 0.717) is 5.92 Å². The van der Waals surface area contributed by atoms with Gasteiger partial charge in [-0.2, -0.15) is 0 Å². The Morgan fingerprint density at radius 2 is 1.34 bits per heavy atom. The Morgan fingerprint density at radius 1 is 0.615 bits per heavy atom. The number of hydrogen-bond acceptors (Lipinski definition) is 3. The molecule has 0 saturated carbocycles. The normalized spacial score (nSPS) is 21.7. The van der Waals surface area contributed by atoms with Crippen molar-refractivity contribution in [2.24, 2.45) is 16.8 Å². The number of hydrogen-bond donors (Lipinski definition) is 2. The number of allylic oxidation sites excluding steroid dienone is 10. The number of nitrogens with zero attached hydrogens (tertiary/aromatic N) is 1. The van der Waals surface area contributed by atoms with Gasteiger partial charge in [0.2, 0.25) is 0 Å². The van der Waals surface area contributed by atoms with Crippen LogP contribution in [0.2, 0.25) is 0 Å². The summed E-state index contributed by atoms with van der Waals surface area (Å²) in [6, 6.07) is 62.9. The number of nitrogens with one attached hydrogen (secondary N) is 2. The average Bonchev–Trinajstić information content (AvgIpc) is 3.68. The van der Waals surface area contributed by atoms with Crippen molar-refractivity contribution >= 4 is 22.2 Å². The first-order valence-electron chi connectivity index (χ1n) is 23.4. The number of rotatable bonds is 8. The summed E-state index contributed by atoms with van der Waals surface area (Å²) in [6.45, 7) is 0. The number of aliphatic imine (C=N–C) groups is 1. The molecular formula is C62H51N3. The summed E-state index contributed by atoms with van der Waals surface area (Å²) in [5.74, 6) is 1.58. The van der Waals surface area contributed by atoms with E-state index < -0.39 is 5.41 Å². The minimum atomic E-state index is -0.539. The minimum Gasteiger partial charge on any atom is -0.354 e. The zero-order valence-electron chi connectivity index (χ0n) is 36.4. The van der Waals surface area contributed by atoms with Gasteiger partial charge in [-0.25, -0.2) is 4.99 Å². The van der Waals surface area contributed by atoms with Crippen LogP contribution in [0.3, 0.4) is 0 Å². The number of benzene rings is 7. The van der Waals surface area contributed by atoms with E-state index in [1.807, 2.05) is 0 Å². The van der Waals surface area contributed by atoms with Gasteiger partial charge in [-0.05, 0) is 115 Å². The first-order chi connectivity index (χ1) is 32.2. The zero-order chi connectivity index (χ0) is 43.2. The van der Waals surface area contributed by atoms with Gasteiger partial charge in [0.15, 0.2) is 0 Å². The fourth-order valence-corrected chi connectivity index (χ4v) is 11.3. The van der Waals surface area contributed by atoms with Crippen LogP contribution in [0.4, 0.5) is 0 Å². The van der Waals surface area contributed by atoms with Crippen LogP contribution in [0, 0.1) is 11.8 Å². The summed E-state index contributed by atoms with van der Waals surface area (Å²) < 4.78 is 0. The summed E-state index contributed by atoms with van der Waals surface area (Å²) in [5, 5.41) is 10.3. The molecule has 7 aromatic rings. The van der Waals surface area contributed by atoms with Gasteiger partial charge in [0.05, 0.1) is 11.6 Å². The van der Waals surface area contributed by atoms with Gasteiger partial charge < -0.3 is 5.32 Å². The predicted molar refractivity (Wildman–Crippen MR) is 270 cm³/mol. The zero-order valence-corrected chi connectivity index (χ0v) is 36.4. The molecule has 0 spiro atoms. The second-order valence-electron chi connectivity index (χ2n) is 18.1. The Labute approximate surface area is 382 Å². The lowest BCUT2D eigenvalue weighted by Gasteiger charge is -2.38. The molecule has 314 valence electrons. The van der Waals surface area contributed by atoms with Crippen LogP contribution in [-0.2, 0) is 5.41 Å².